The van der Waals surface area contributed by atoms with Gasteiger partial charge in [-0.2, -0.15) is 0 Å². The van der Waals surface area contributed by atoms with Crippen LogP contribution in [0.1, 0.15) is 12.0 Å². The molecule has 2 aromatic rings. The van der Waals surface area contributed by atoms with Crippen molar-refractivity contribution in [3.8, 4) is 0 Å². The average molecular weight is 335 g/mol. The van der Waals surface area contributed by atoms with Gasteiger partial charge in [-0.1, -0.05) is 17.7 Å². The van der Waals surface area contributed by atoms with Gasteiger partial charge < -0.3 is 10.7 Å². The maximum Gasteiger partial charge on any atom is 0.110 e. The van der Waals surface area contributed by atoms with Gasteiger partial charge in [-0.3, -0.25) is 0 Å². The van der Waals surface area contributed by atoms with E-state index in [0.29, 0.717) is 6.54 Å². The molecule has 3 N–H and O–H groups in total. The van der Waals surface area contributed by atoms with E-state index in [0.717, 1.165) is 23.5 Å². The first-order valence-corrected chi connectivity index (χ1v) is 6.34. The second-order valence-corrected chi connectivity index (χ2v) is 5.01. The van der Waals surface area contributed by atoms with Gasteiger partial charge in [0.2, 0.25) is 0 Å². The Morgan fingerprint density at radius 1 is 1.40 bits per heavy atom. The van der Waals surface area contributed by atoms with Gasteiger partial charge >= 0.3 is 0 Å². The third-order valence-electron chi connectivity index (χ3n) is 2.46. The molecule has 0 amide bonds. The Morgan fingerprint density at radius 2 is 2.20 bits per heavy atom. The fraction of sp³-hybridized carbons (Fsp3) is 0.273. The van der Waals surface area contributed by atoms with Crippen LogP contribution >= 0.6 is 34.2 Å². The molecular formula is C11H12ClIN2. The van der Waals surface area contributed by atoms with E-state index in [1.807, 2.05) is 6.07 Å². The highest BCUT2D eigenvalue weighted by molar-refractivity contribution is 14.1. The first-order chi connectivity index (χ1) is 7.24. The van der Waals surface area contributed by atoms with Crippen LogP contribution in [-0.4, -0.2) is 11.5 Å². The Morgan fingerprint density at radius 3 is 2.93 bits per heavy atom. The number of H-pyrrole nitrogens is 1. The second-order valence-electron chi connectivity index (χ2n) is 3.47. The molecule has 0 saturated heterocycles. The van der Waals surface area contributed by atoms with E-state index < -0.39 is 0 Å². The molecule has 1 aromatic heterocycles. The second kappa shape index (κ2) is 4.72. The first-order valence-electron chi connectivity index (χ1n) is 4.88. The van der Waals surface area contributed by atoms with Crippen molar-refractivity contribution >= 4 is 45.1 Å². The molecule has 4 heteroatoms. The van der Waals surface area contributed by atoms with Crippen LogP contribution in [0, 0.1) is 3.57 Å². The van der Waals surface area contributed by atoms with E-state index in [9.17, 15) is 0 Å². The van der Waals surface area contributed by atoms with Gasteiger partial charge in [-0.25, -0.2) is 0 Å². The third-order valence-corrected chi connectivity index (χ3v) is 3.68. The minimum absolute atomic E-state index is 0.701. The smallest absolute Gasteiger partial charge is 0.110 e. The molecule has 15 heavy (non-hydrogen) atoms. The van der Waals surface area contributed by atoms with Crippen LogP contribution in [0.4, 0.5) is 0 Å². The van der Waals surface area contributed by atoms with Crippen molar-refractivity contribution in [3.05, 3.63) is 32.5 Å². The molecule has 0 saturated carbocycles. The summed E-state index contributed by atoms with van der Waals surface area (Å²) in [6, 6.07) is 6.18. The highest BCUT2D eigenvalue weighted by Gasteiger charge is 2.11. The molecule has 0 atom stereocenters. The number of benzene rings is 1. The van der Waals surface area contributed by atoms with E-state index in [4.69, 9.17) is 17.3 Å². The lowest BCUT2D eigenvalue weighted by atomic mass is 10.1. The summed E-state index contributed by atoms with van der Waals surface area (Å²) >= 11 is 8.51. The lowest BCUT2D eigenvalue weighted by Crippen LogP contribution is -2.00. The molecule has 0 bridgehead atoms. The number of halogens is 2. The molecule has 1 heterocycles. The maximum atomic E-state index is 6.18. The summed E-state index contributed by atoms with van der Waals surface area (Å²) in [5, 5.41) is 2.00. The van der Waals surface area contributed by atoms with Crippen molar-refractivity contribution < 1.29 is 0 Å². The highest BCUT2D eigenvalue weighted by Crippen LogP contribution is 2.30. The molecule has 0 aliphatic heterocycles. The molecule has 0 aliphatic rings. The van der Waals surface area contributed by atoms with Gasteiger partial charge in [-0.05, 0) is 59.7 Å². The molecule has 0 aliphatic carbocycles. The summed E-state index contributed by atoms with van der Waals surface area (Å²) in [4.78, 5) is 3.20. The minimum Gasteiger partial charge on any atom is -0.345 e. The van der Waals surface area contributed by atoms with Crippen LogP contribution < -0.4 is 5.73 Å². The van der Waals surface area contributed by atoms with Crippen LogP contribution in [0.15, 0.2) is 18.2 Å². The van der Waals surface area contributed by atoms with E-state index in [1.54, 1.807) is 0 Å². The Bertz CT molecular complexity index is 479. The van der Waals surface area contributed by atoms with Crippen LogP contribution in [0.25, 0.3) is 10.9 Å². The lowest BCUT2D eigenvalue weighted by molar-refractivity contribution is 0.837. The summed E-state index contributed by atoms with van der Waals surface area (Å²) in [7, 11) is 0. The van der Waals surface area contributed by atoms with Crippen LogP contribution in [0.3, 0.4) is 0 Å². The van der Waals surface area contributed by atoms with Crippen molar-refractivity contribution in [2.45, 2.75) is 12.8 Å². The van der Waals surface area contributed by atoms with E-state index in [-0.39, 0.29) is 0 Å². The Labute approximate surface area is 107 Å². The number of aromatic nitrogens is 1. The normalized spacial score (nSPS) is 11.1. The fourth-order valence-corrected chi connectivity index (χ4v) is 2.87. The van der Waals surface area contributed by atoms with E-state index >= 15 is 0 Å². The number of hydrogen-bond donors (Lipinski definition) is 2. The van der Waals surface area contributed by atoms with Crippen molar-refractivity contribution in [1.82, 2.24) is 4.98 Å². The van der Waals surface area contributed by atoms with Crippen LogP contribution in [0.5, 0.6) is 0 Å². The fourth-order valence-electron chi connectivity index (χ4n) is 1.75. The van der Waals surface area contributed by atoms with Crippen molar-refractivity contribution in [3.63, 3.8) is 0 Å². The molecule has 2 rings (SSSR count). The molecule has 1 aromatic carbocycles. The first kappa shape index (κ1) is 11.2. The van der Waals surface area contributed by atoms with Crippen molar-refractivity contribution in [2.75, 3.05) is 6.54 Å². The SMILES string of the molecule is NCCCc1c(Cl)[nH]c2cccc(I)c12. The third kappa shape index (κ3) is 2.14. The van der Waals surface area contributed by atoms with E-state index in [1.165, 1.54) is 14.5 Å². The molecular weight excluding hydrogens is 322 g/mol. The van der Waals surface area contributed by atoms with Gasteiger partial charge in [-0.15, -0.1) is 0 Å². The zero-order valence-electron chi connectivity index (χ0n) is 8.19. The van der Waals surface area contributed by atoms with Crippen LogP contribution in [0.2, 0.25) is 5.15 Å². The zero-order chi connectivity index (χ0) is 10.8. The summed E-state index contributed by atoms with van der Waals surface area (Å²) < 4.78 is 1.24. The minimum atomic E-state index is 0.701. The average Bonchev–Trinajstić information content (AvgIpc) is 2.53. The highest BCUT2D eigenvalue weighted by atomic mass is 127. The van der Waals surface area contributed by atoms with Gasteiger partial charge in [0, 0.05) is 14.5 Å². The molecule has 80 valence electrons. The molecule has 0 fully saturated rings. The number of aromatic amines is 1. The van der Waals surface area contributed by atoms with Gasteiger partial charge in [0.25, 0.3) is 0 Å². The lowest BCUT2D eigenvalue weighted by Gasteiger charge is -2.00. The largest absolute Gasteiger partial charge is 0.345 e. The predicted molar refractivity (Wildman–Crippen MR) is 73.4 cm³/mol. The molecule has 0 spiro atoms. The predicted octanol–water partition coefficient (Wildman–Crippen LogP) is 3.32. The summed E-state index contributed by atoms with van der Waals surface area (Å²) in [6.45, 7) is 0.701. The summed E-state index contributed by atoms with van der Waals surface area (Å²) in [5.74, 6) is 0. The number of rotatable bonds is 3. The topological polar surface area (TPSA) is 41.8 Å². The monoisotopic (exact) mass is 334 g/mol. The summed E-state index contributed by atoms with van der Waals surface area (Å²) in [6.07, 6.45) is 1.91. The number of nitrogens with two attached hydrogens (primary N) is 1. The number of fused-ring (bicyclic) bond motifs is 1. The standard InChI is InChI=1S/C11H12ClIN2/c12-11-7(3-2-6-14)10-8(13)4-1-5-9(10)15-11/h1,4-5,15H,2-3,6,14H2. The van der Waals surface area contributed by atoms with E-state index in [2.05, 4.69) is 39.7 Å². The number of aryl methyl sites for hydroxylation is 1. The number of hydrogen-bond acceptors (Lipinski definition) is 1. The zero-order valence-corrected chi connectivity index (χ0v) is 11.1. The Kier molecular flexibility index (Phi) is 3.53. The van der Waals surface area contributed by atoms with Gasteiger partial charge in [0.05, 0.1) is 0 Å². The Balaban J connectivity index is 2.55. The molecule has 0 unspecified atom stereocenters. The quantitative estimate of drug-likeness (QED) is 0.831. The molecule has 2 nitrogen and oxygen atoms in total. The van der Waals surface area contributed by atoms with Gasteiger partial charge in [0.1, 0.15) is 5.15 Å². The van der Waals surface area contributed by atoms with Gasteiger partial charge in [0.15, 0.2) is 0 Å². The van der Waals surface area contributed by atoms with Crippen LogP contribution in [-0.2, 0) is 6.42 Å². The maximum absolute atomic E-state index is 6.18. The number of nitrogens with one attached hydrogen (secondary N) is 1. The summed E-state index contributed by atoms with van der Waals surface area (Å²) in [5.41, 5.74) is 7.83. The molecule has 0 radical (unpaired) electrons. The van der Waals surface area contributed by atoms with Crippen molar-refractivity contribution in [2.24, 2.45) is 5.73 Å². The van der Waals surface area contributed by atoms with Crippen molar-refractivity contribution in [1.29, 1.82) is 0 Å². The Hall–Kier alpha value is -0.260.